The molecule has 4 aromatic rings. The Morgan fingerprint density at radius 2 is 1.93 bits per heavy atom. The minimum atomic E-state index is -0.0870. The molecular formula is C22H20N6OS. The fourth-order valence-corrected chi connectivity index (χ4v) is 4.94. The maximum atomic E-state index is 13.7. The van der Waals surface area contributed by atoms with E-state index in [-0.39, 0.29) is 11.9 Å². The molecule has 0 radical (unpaired) electrons. The highest BCUT2D eigenvalue weighted by atomic mass is 32.1. The zero-order valence-corrected chi connectivity index (χ0v) is 17.3. The van der Waals surface area contributed by atoms with Crippen molar-refractivity contribution in [2.45, 2.75) is 25.8 Å². The molecule has 1 saturated heterocycles. The lowest BCUT2D eigenvalue weighted by molar-refractivity contribution is -0.126. The first-order valence-electron chi connectivity index (χ1n) is 9.89. The van der Waals surface area contributed by atoms with Gasteiger partial charge in [0.1, 0.15) is 10.7 Å². The number of nitrogens with zero attached hydrogens (tertiary/aromatic N) is 6. The van der Waals surface area contributed by atoms with Crippen LogP contribution in [-0.2, 0) is 4.79 Å². The summed E-state index contributed by atoms with van der Waals surface area (Å²) in [5, 5.41) is 12.8. The molecule has 1 aliphatic rings. The van der Waals surface area contributed by atoms with Crippen LogP contribution in [-0.4, -0.2) is 42.5 Å². The van der Waals surface area contributed by atoms with Crippen LogP contribution in [0.1, 0.15) is 35.3 Å². The number of benzene rings is 2. The monoisotopic (exact) mass is 416 g/mol. The third kappa shape index (κ3) is 3.39. The van der Waals surface area contributed by atoms with E-state index in [2.05, 4.69) is 21.6 Å². The van der Waals surface area contributed by atoms with Crippen molar-refractivity contribution in [3.63, 3.8) is 0 Å². The second-order valence-electron chi connectivity index (χ2n) is 7.25. The van der Waals surface area contributed by atoms with Gasteiger partial charge >= 0.3 is 0 Å². The Labute approximate surface area is 177 Å². The zero-order chi connectivity index (χ0) is 20.5. The van der Waals surface area contributed by atoms with E-state index >= 15 is 0 Å². The molecule has 5 rings (SSSR count). The van der Waals surface area contributed by atoms with Crippen LogP contribution in [0.25, 0.3) is 22.0 Å². The van der Waals surface area contributed by atoms with E-state index in [1.807, 2.05) is 59.5 Å². The molecule has 150 valence electrons. The Hall–Kier alpha value is -3.39. The minimum Gasteiger partial charge on any atom is -0.328 e. The molecule has 2 aromatic heterocycles. The SMILES string of the molecule is Cc1nnnn1/C(=C\c1ccccc1)C(=O)N1CCCC1c1nc2ccccc2s1. The fourth-order valence-electron chi connectivity index (χ4n) is 3.82. The van der Waals surface area contributed by atoms with Crippen molar-refractivity contribution < 1.29 is 4.79 Å². The number of aromatic nitrogens is 5. The van der Waals surface area contributed by atoms with E-state index in [0.717, 1.165) is 33.6 Å². The summed E-state index contributed by atoms with van der Waals surface area (Å²) >= 11 is 1.66. The van der Waals surface area contributed by atoms with Gasteiger partial charge in [-0.05, 0) is 54.0 Å². The van der Waals surface area contributed by atoms with Crippen molar-refractivity contribution in [1.29, 1.82) is 0 Å². The summed E-state index contributed by atoms with van der Waals surface area (Å²) < 4.78 is 2.66. The molecule has 0 saturated carbocycles. The number of likely N-dealkylation sites (tertiary alicyclic amines) is 1. The smallest absolute Gasteiger partial charge is 0.273 e. The van der Waals surface area contributed by atoms with E-state index in [1.165, 1.54) is 4.68 Å². The molecule has 0 aliphatic carbocycles. The molecule has 0 N–H and O–H groups in total. The highest BCUT2D eigenvalue weighted by Gasteiger charge is 2.35. The van der Waals surface area contributed by atoms with Gasteiger partial charge in [-0.25, -0.2) is 4.98 Å². The Morgan fingerprint density at radius 1 is 1.13 bits per heavy atom. The molecule has 1 amide bonds. The number of tetrazole rings is 1. The summed E-state index contributed by atoms with van der Waals surface area (Å²) in [5.41, 5.74) is 2.34. The van der Waals surface area contributed by atoms with Crippen LogP contribution in [0.3, 0.4) is 0 Å². The second kappa shape index (κ2) is 7.79. The van der Waals surface area contributed by atoms with Crippen LogP contribution in [0.2, 0.25) is 0 Å². The molecule has 1 atom stereocenters. The van der Waals surface area contributed by atoms with Crippen molar-refractivity contribution in [2.75, 3.05) is 6.54 Å². The number of thiazole rings is 1. The van der Waals surface area contributed by atoms with E-state index in [4.69, 9.17) is 4.98 Å². The van der Waals surface area contributed by atoms with E-state index in [9.17, 15) is 4.79 Å². The van der Waals surface area contributed by atoms with Crippen LogP contribution in [0, 0.1) is 6.92 Å². The lowest BCUT2D eigenvalue weighted by atomic mass is 10.1. The average molecular weight is 417 g/mol. The van der Waals surface area contributed by atoms with Crippen LogP contribution in [0.5, 0.6) is 0 Å². The summed E-state index contributed by atoms with van der Waals surface area (Å²) in [7, 11) is 0. The van der Waals surface area contributed by atoms with Crippen molar-refractivity contribution in [3.8, 4) is 0 Å². The molecule has 3 heterocycles. The molecular weight excluding hydrogens is 396 g/mol. The van der Waals surface area contributed by atoms with E-state index in [0.29, 0.717) is 18.1 Å². The van der Waals surface area contributed by atoms with Gasteiger partial charge in [0.15, 0.2) is 5.82 Å². The third-order valence-electron chi connectivity index (χ3n) is 5.28. The molecule has 30 heavy (non-hydrogen) atoms. The minimum absolute atomic E-state index is 0.0362. The lowest BCUT2D eigenvalue weighted by Gasteiger charge is -2.24. The Kier molecular flexibility index (Phi) is 4.84. The predicted molar refractivity (Wildman–Crippen MR) is 116 cm³/mol. The number of hydrogen-bond donors (Lipinski definition) is 0. The summed E-state index contributed by atoms with van der Waals surface area (Å²) in [5.74, 6) is 0.484. The summed E-state index contributed by atoms with van der Waals surface area (Å²) in [4.78, 5) is 20.4. The third-order valence-corrected chi connectivity index (χ3v) is 6.42. The second-order valence-corrected chi connectivity index (χ2v) is 8.32. The van der Waals surface area contributed by atoms with Gasteiger partial charge in [-0.3, -0.25) is 4.79 Å². The summed E-state index contributed by atoms with van der Waals surface area (Å²) in [6.45, 7) is 2.48. The van der Waals surface area contributed by atoms with E-state index in [1.54, 1.807) is 18.3 Å². The van der Waals surface area contributed by atoms with Gasteiger partial charge in [-0.1, -0.05) is 42.5 Å². The van der Waals surface area contributed by atoms with Crippen LogP contribution < -0.4 is 0 Å². The molecule has 1 aliphatic heterocycles. The maximum Gasteiger partial charge on any atom is 0.273 e. The van der Waals surface area contributed by atoms with Crippen LogP contribution >= 0.6 is 11.3 Å². The summed E-state index contributed by atoms with van der Waals surface area (Å²) in [6.07, 6.45) is 3.69. The first kappa shape index (κ1) is 18.6. The molecule has 7 nitrogen and oxygen atoms in total. The van der Waals surface area contributed by atoms with Gasteiger partial charge in [0, 0.05) is 6.54 Å². The average Bonchev–Trinajstić information content (AvgIpc) is 3.51. The van der Waals surface area contributed by atoms with Gasteiger partial charge in [-0.15, -0.1) is 16.4 Å². The highest BCUT2D eigenvalue weighted by molar-refractivity contribution is 7.18. The number of carbonyl (C=O) groups excluding carboxylic acids is 1. The van der Waals surface area contributed by atoms with E-state index < -0.39 is 0 Å². The zero-order valence-electron chi connectivity index (χ0n) is 16.5. The number of aryl methyl sites for hydroxylation is 1. The van der Waals surface area contributed by atoms with Gasteiger partial charge in [-0.2, -0.15) is 4.68 Å². The van der Waals surface area contributed by atoms with Gasteiger partial charge in [0.2, 0.25) is 0 Å². The highest BCUT2D eigenvalue weighted by Crippen LogP contribution is 2.37. The molecule has 2 aromatic carbocycles. The molecule has 1 fully saturated rings. The van der Waals surface area contributed by atoms with Crippen molar-refractivity contribution >= 4 is 39.2 Å². The maximum absolute atomic E-state index is 13.7. The van der Waals surface area contributed by atoms with Gasteiger partial charge in [0.25, 0.3) is 5.91 Å². The van der Waals surface area contributed by atoms with Crippen LogP contribution in [0.15, 0.2) is 54.6 Å². The number of hydrogen-bond acceptors (Lipinski definition) is 6. The van der Waals surface area contributed by atoms with Crippen LogP contribution in [0.4, 0.5) is 0 Å². The van der Waals surface area contributed by atoms with Crippen molar-refractivity contribution in [3.05, 3.63) is 71.0 Å². The number of amides is 1. The number of fused-ring (bicyclic) bond motifs is 1. The number of para-hydroxylation sites is 1. The number of carbonyl (C=O) groups is 1. The van der Waals surface area contributed by atoms with Gasteiger partial charge in [0.05, 0.1) is 16.3 Å². The normalized spacial score (nSPS) is 17.0. The quantitative estimate of drug-likeness (QED) is 0.471. The predicted octanol–water partition coefficient (Wildman–Crippen LogP) is 3.95. The first-order valence-corrected chi connectivity index (χ1v) is 10.7. The Bertz CT molecular complexity index is 1200. The Balaban J connectivity index is 1.54. The molecule has 0 bridgehead atoms. The van der Waals surface area contributed by atoms with Gasteiger partial charge < -0.3 is 4.90 Å². The summed E-state index contributed by atoms with van der Waals surface area (Å²) in [6, 6.07) is 17.8. The topological polar surface area (TPSA) is 76.8 Å². The molecule has 8 heteroatoms. The standard InChI is InChI=1S/C22H20N6OS/c1-15-24-25-26-28(15)19(14-16-8-3-2-4-9-16)22(29)27-13-7-11-18(27)21-23-17-10-5-6-12-20(17)30-21/h2-6,8-10,12,14,18H,7,11,13H2,1H3/b19-14-. The van der Waals surface area contributed by atoms with Crippen molar-refractivity contribution in [1.82, 2.24) is 30.1 Å². The Morgan fingerprint density at radius 3 is 2.70 bits per heavy atom. The largest absolute Gasteiger partial charge is 0.328 e. The lowest BCUT2D eigenvalue weighted by Crippen LogP contribution is -2.33. The number of rotatable bonds is 4. The van der Waals surface area contributed by atoms with Crippen molar-refractivity contribution in [2.24, 2.45) is 0 Å². The molecule has 0 spiro atoms. The molecule has 1 unspecified atom stereocenters. The fraction of sp³-hybridized carbons (Fsp3) is 0.227. The first-order chi connectivity index (χ1) is 14.7.